The van der Waals surface area contributed by atoms with E-state index in [4.69, 9.17) is 0 Å². The number of H-pyrrole nitrogens is 1. The van der Waals surface area contributed by atoms with Crippen LogP contribution in [0.15, 0.2) is 34.6 Å². The molecule has 3 aromatic rings. The van der Waals surface area contributed by atoms with Gasteiger partial charge in [0.2, 0.25) is 0 Å². The summed E-state index contributed by atoms with van der Waals surface area (Å²) in [5.74, 6) is -1.09. The van der Waals surface area contributed by atoms with Crippen LogP contribution in [0.3, 0.4) is 0 Å². The molecule has 136 valence electrons. The summed E-state index contributed by atoms with van der Waals surface area (Å²) in [5, 5.41) is 9.24. The third kappa shape index (κ3) is 2.87. The summed E-state index contributed by atoms with van der Waals surface area (Å²) in [6.45, 7) is 3.37. The number of fused-ring (bicyclic) bond motifs is 3. The summed E-state index contributed by atoms with van der Waals surface area (Å²) in [4.78, 5) is 26.2. The second-order valence-electron chi connectivity index (χ2n) is 5.95. The predicted molar refractivity (Wildman–Crippen MR) is 91.2 cm³/mol. The molecule has 0 aliphatic heterocycles. The summed E-state index contributed by atoms with van der Waals surface area (Å²) in [5.41, 5.74) is 0.383. The number of hydrogen-bond acceptors (Lipinski definition) is 2. The maximum absolute atomic E-state index is 12.9. The molecule has 0 atom stereocenters. The first-order chi connectivity index (χ1) is 12.1. The van der Waals surface area contributed by atoms with E-state index in [1.165, 1.54) is 16.5 Å². The van der Waals surface area contributed by atoms with E-state index in [-0.39, 0.29) is 23.0 Å². The van der Waals surface area contributed by atoms with E-state index in [0.717, 1.165) is 12.1 Å². The van der Waals surface area contributed by atoms with Crippen LogP contribution in [0, 0.1) is 6.92 Å². The van der Waals surface area contributed by atoms with Gasteiger partial charge in [0, 0.05) is 11.3 Å². The second kappa shape index (κ2) is 6.05. The van der Waals surface area contributed by atoms with Crippen LogP contribution < -0.4 is 5.56 Å². The number of rotatable bonds is 3. The maximum Gasteiger partial charge on any atom is 0.416 e. The molecule has 0 saturated heterocycles. The van der Waals surface area contributed by atoms with Crippen molar-refractivity contribution in [1.29, 1.82) is 0 Å². The Labute approximate surface area is 145 Å². The number of hydrogen-bond donors (Lipinski definition) is 2. The van der Waals surface area contributed by atoms with Gasteiger partial charge in [0.25, 0.3) is 5.56 Å². The first-order valence-corrected chi connectivity index (χ1v) is 7.82. The molecule has 0 saturated carbocycles. The van der Waals surface area contributed by atoms with Gasteiger partial charge in [-0.15, -0.1) is 0 Å². The number of aromatic nitrogens is 2. The molecular formula is C18H15F3N2O3. The Balaban J connectivity index is 2.42. The molecule has 0 fully saturated rings. The molecule has 26 heavy (non-hydrogen) atoms. The van der Waals surface area contributed by atoms with Crippen LogP contribution in [0.2, 0.25) is 0 Å². The van der Waals surface area contributed by atoms with Gasteiger partial charge in [-0.3, -0.25) is 4.79 Å². The standard InChI is InChI=1S/C18H15F3N2O3/c1-3-10(17(25)26)7-12-6-9(2)15-16(24)22-13-8-11(18(19,20)21)4-5-14(13)23(12)15/h4-8H,3H2,1-2H3,(H,22,24)(H,25,26). The zero-order chi connectivity index (χ0) is 19.2. The largest absolute Gasteiger partial charge is 0.478 e. The Morgan fingerprint density at radius 3 is 2.58 bits per heavy atom. The summed E-state index contributed by atoms with van der Waals surface area (Å²) in [6.07, 6.45) is -2.84. The molecule has 0 bridgehead atoms. The number of nitrogens with zero attached hydrogens (tertiary/aromatic N) is 1. The van der Waals surface area contributed by atoms with E-state index in [1.807, 2.05) is 0 Å². The van der Waals surface area contributed by atoms with E-state index in [1.54, 1.807) is 19.9 Å². The average Bonchev–Trinajstić information content (AvgIpc) is 2.88. The van der Waals surface area contributed by atoms with Gasteiger partial charge in [0.05, 0.1) is 16.6 Å². The Bertz CT molecular complexity index is 1120. The van der Waals surface area contributed by atoms with Crippen LogP contribution in [-0.4, -0.2) is 20.5 Å². The quantitative estimate of drug-likeness (QED) is 0.690. The highest BCUT2D eigenvalue weighted by Crippen LogP contribution is 2.31. The van der Waals surface area contributed by atoms with Crippen molar-refractivity contribution >= 4 is 28.6 Å². The molecular weight excluding hydrogens is 349 g/mol. The summed E-state index contributed by atoms with van der Waals surface area (Å²) in [6, 6.07) is 4.71. The van der Waals surface area contributed by atoms with Crippen molar-refractivity contribution in [2.75, 3.05) is 0 Å². The van der Waals surface area contributed by atoms with Crippen LogP contribution in [0.1, 0.15) is 30.2 Å². The smallest absolute Gasteiger partial charge is 0.416 e. The van der Waals surface area contributed by atoms with Crippen LogP contribution >= 0.6 is 0 Å². The fraction of sp³-hybridized carbons (Fsp3) is 0.222. The van der Waals surface area contributed by atoms with Gasteiger partial charge in [-0.05, 0) is 49.2 Å². The van der Waals surface area contributed by atoms with Crippen molar-refractivity contribution in [1.82, 2.24) is 9.38 Å². The number of aromatic amines is 1. The Morgan fingerprint density at radius 1 is 1.31 bits per heavy atom. The van der Waals surface area contributed by atoms with Crippen LogP contribution in [0.4, 0.5) is 13.2 Å². The molecule has 1 aromatic carbocycles. The van der Waals surface area contributed by atoms with Gasteiger partial charge in [-0.25, -0.2) is 4.79 Å². The minimum absolute atomic E-state index is 0.0240. The number of benzene rings is 1. The molecule has 0 unspecified atom stereocenters. The molecule has 0 aliphatic carbocycles. The number of carboxylic acid groups (broad SMARTS) is 1. The van der Waals surface area contributed by atoms with E-state index >= 15 is 0 Å². The van der Waals surface area contributed by atoms with Crippen molar-refractivity contribution in [3.63, 3.8) is 0 Å². The number of carbonyl (C=O) groups is 1. The van der Waals surface area contributed by atoms with Crippen LogP contribution in [0.5, 0.6) is 0 Å². The zero-order valence-corrected chi connectivity index (χ0v) is 13.9. The number of aliphatic carboxylic acids is 1. The molecule has 0 radical (unpaired) electrons. The van der Waals surface area contributed by atoms with E-state index in [0.29, 0.717) is 16.8 Å². The first kappa shape index (κ1) is 17.8. The molecule has 2 N–H and O–H groups in total. The van der Waals surface area contributed by atoms with Crippen molar-refractivity contribution in [2.45, 2.75) is 26.4 Å². The molecule has 0 spiro atoms. The number of carboxylic acids is 1. The zero-order valence-electron chi connectivity index (χ0n) is 13.9. The minimum atomic E-state index is -4.53. The van der Waals surface area contributed by atoms with Crippen molar-refractivity contribution in [3.05, 3.63) is 57.0 Å². The minimum Gasteiger partial charge on any atom is -0.478 e. The molecule has 5 nitrogen and oxygen atoms in total. The van der Waals surface area contributed by atoms with Gasteiger partial charge >= 0.3 is 12.1 Å². The Morgan fingerprint density at radius 2 is 2.00 bits per heavy atom. The average molecular weight is 364 g/mol. The number of halogens is 3. The molecule has 3 rings (SSSR count). The molecule has 0 aliphatic rings. The fourth-order valence-corrected chi connectivity index (χ4v) is 2.99. The highest BCUT2D eigenvalue weighted by molar-refractivity contribution is 5.93. The third-order valence-corrected chi connectivity index (χ3v) is 4.23. The number of nitrogens with one attached hydrogen (secondary N) is 1. The molecule has 2 heterocycles. The topological polar surface area (TPSA) is 74.6 Å². The lowest BCUT2D eigenvalue weighted by molar-refractivity contribution is -0.137. The fourth-order valence-electron chi connectivity index (χ4n) is 2.99. The van der Waals surface area contributed by atoms with Crippen LogP contribution in [0.25, 0.3) is 22.6 Å². The second-order valence-corrected chi connectivity index (χ2v) is 5.95. The normalized spacial score (nSPS) is 12.9. The van der Waals surface area contributed by atoms with Gasteiger partial charge in [0.15, 0.2) is 0 Å². The summed E-state index contributed by atoms with van der Waals surface area (Å²) in [7, 11) is 0. The maximum atomic E-state index is 12.9. The Hall–Kier alpha value is -3.03. The lowest BCUT2D eigenvalue weighted by Gasteiger charge is -2.10. The van der Waals surface area contributed by atoms with Gasteiger partial charge in [-0.2, -0.15) is 13.2 Å². The lowest BCUT2D eigenvalue weighted by Crippen LogP contribution is -2.13. The highest BCUT2D eigenvalue weighted by atomic mass is 19.4. The van der Waals surface area contributed by atoms with E-state index in [2.05, 4.69) is 4.98 Å². The summed E-state index contributed by atoms with van der Waals surface area (Å²) < 4.78 is 40.3. The third-order valence-electron chi connectivity index (χ3n) is 4.23. The van der Waals surface area contributed by atoms with Crippen molar-refractivity contribution in [3.8, 4) is 0 Å². The number of aryl methyl sites for hydroxylation is 1. The van der Waals surface area contributed by atoms with E-state index < -0.39 is 23.3 Å². The highest BCUT2D eigenvalue weighted by Gasteiger charge is 2.30. The molecule has 2 aromatic heterocycles. The monoisotopic (exact) mass is 364 g/mol. The van der Waals surface area contributed by atoms with Gasteiger partial charge in [0.1, 0.15) is 5.52 Å². The first-order valence-electron chi connectivity index (χ1n) is 7.82. The SMILES string of the molecule is CCC(=Cc1cc(C)c2c(=O)[nH]c3cc(C(F)(F)F)ccc3n12)C(=O)O. The van der Waals surface area contributed by atoms with Crippen molar-refractivity contribution < 1.29 is 23.1 Å². The molecule has 0 amide bonds. The molecule has 8 heteroatoms. The van der Waals surface area contributed by atoms with Gasteiger partial charge < -0.3 is 14.5 Å². The predicted octanol–water partition coefficient (Wildman–Crippen LogP) is 3.99. The Kier molecular flexibility index (Phi) is 4.14. The number of alkyl halides is 3. The van der Waals surface area contributed by atoms with Crippen LogP contribution in [-0.2, 0) is 11.0 Å². The van der Waals surface area contributed by atoms with Crippen molar-refractivity contribution in [2.24, 2.45) is 0 Å². The van der Waals surface area contributed by atoms with E-state index in [9.17, 15) is 27.9 Å². The lowest BCUT2D eigenvalue weighted by atomic mass is 10.1. The summed E-state index contributed by atoms with van der Waals surface area (Å²) >= 11 is 0. The van der Waals surface area contributed by atoms with Gasteiger partial charge in [-0.1, -0.05) is 6.92 Å².